The summed E-state index contributed by atoms with van der Waals surface area (Å²) in [5.74, 6) is -0.985. The third-order valence-electron chi connectivity index (χ3n) is 5.74. The Bertz CT molecular complexity index is 1020. The van der Waals surface area contributed by atoms with Crippen molar-refractivity contribution in [2.45, 2.75) is 31.7 Å². The standard InChI is InChI=1S/C23H24BrFN2O2/c24-22-15-18-5-4-17(14-23(28)29)13-21(18)27(22)20-7-10-26(11-8-20)9-6-16-2-1-3-19(25)12-16/h1-5,12-13,15,20H,6-11,14H2,(H,28,29). The first-order chi connectivity index (χ1) is 14.0. The van der Waals surface area contributed by atoms with Crippen LogP contribution in [0.1, 0.15) is 30.0 Å². The number of hydrogen-bond donors (Lipinski definition) is 1. The van der Waals surface area contributed by atoms with Gasteiger partial charge in [-0.05, 0) is 70.6 Å². The third kappa shape index (κ3) is 4.70. The molecule has 1 fully saturated rings. The molecular formula is C23H24BrFN2O2. The summed E-state index contributed by atoms with van der Waals surface area (Å²) >= 11 is 3.70. The summed E-state index contributed by atoms with van der Waals surface area (Å²) in [6, 6.07) is 15.2. The number of likely N-dealkylation sites (tertiary alicyclic amines) is 1. The maximum absolute atomic E-state index is 13.4. The molecule has 2 heterocycles. The number of halogens is 2. The lowest BCUT2D eigenvalue weighted by atomic mass is 10.0. The van der Waals surface area contributed by atoms with E-state index in [9.17, 15) is 9.18 Å². The van der Waals surface area contributed by atoms with Crippen LogP contribution in [-0.2, 0) is 17.6 Å². The van der Waals surface area contributed by atoms with Crippen molar-refractivity contribution in [3.8, 4) is 0 Å². The number of carbonyl (C=O) groups is 1. The number of piperidine rings is 1. The van der Waals surface area contributed by atoms with Gasteiger partial charge in [0.05, 0.1) is 11.0 Å². The molecule has 4 nitrogen and oxygen atoms in total. The van der Waals surface area contributed by atoms with Gasteiger partial charge in [0.2, 0.25) is 0 Å². The number of hydrogen-bond acceptors (Lipinski definition) is 2. The molecular weight excluding hydrogens is 435 g/mol. The molecule has 0 radical (unpaired) electrons. The molecule has 0 aliphatic carbocycles. The third-order valence-corrected chi connectivity index (χ3v) is 6.35. The van der Waals surface area contributed by atoms with Crippen molar-refractivity contribution in [3.63, 3.8) is 0 Å². The van der Waals surface area contributed by atoms with Crippen LogP contribution in [0.5, 0.6) is 0 Å². The number of benzene rings is 2. The van der Waals surface area contributed by atoms with Gasteiger partial charge in [-0.2, -0.15) is 0 Å². The molecule has 1 saturated heterocycles. The molecule has 29 heavy (non-hydrogen) atoms. The monoisotopic (exact) mass is 458 g/mol. The summed E-state index contributed by atoms with van der Waals surface area (Å²) < 4.78 is 16.7. The van der Waals surface area contributed by atoms with Crippen molar-refractivity contribution in [1.29, 1.82) is 0 Å². The van der Waals surface area contributed by atoms with E-state index in [0.29, 0.717) is 6.04 Å². The lowest BCUT2D eigenvalue weighted by Crippen LogP contribution is -2.36. The highest BCUT2D eigenvalue weighted by molar-refractivity contribution is 9.10. The van der Waals surface area contributed by atoms with Gasteiger partial charge < -0.3 is 14.6 Å². The Morgan fingerprint density at radius 3 is 2.62 bits per heavy atom. The average molecular weight is 459 g/mol. The smallest absolute Gasteiger partial charge is 0.307 e. The van der Waals surface area contributed by atoms with Crippen LogP contribution < -0.4 is 0 Å². The van der Waals surface area contributed by atoms with E-state index in [1.165, 1.54) is 6.07 Å². The molecule has 0 atom stereocenters. The SMILES string of the molecule is O=C(O)Cc1ccc2cc(Br)n(C3CCN(CCc4cccc(F)c4)CC3)c2c1. The van der Waals surface area contributed by atoms with Crippen molar-refractivity contribution in [2.24, 2.45) is 0 Å². The van der Waals surface area contributed by atoms with E-state index in [1.54, 1.807) is 12.1 Å². The number of aromatic nitrogens is 1. The molecule has 0 saturated carbocycles. The molecule has 1 aliphatic rings. The van der Waals surface area contributed by atoms with Crippen LogP contribution in [0.3, 0.4) is 0 Å². The predicted molar refractivity (Wildman–Crippen MR) is 116 cm³/mol. The molecule has 1 aliphatic heterocycles. The molecule has 4 rings (SSSR count). The van der Waals surface area contributed by atoms with E-state index >= 15 is 0 Å². The van der Waals surface area contributed by atoms with Crippen LogP contribution in [0.2, 0.25) is 0 Å². The van der Waals surface area contributed by atoms with Gasteiger partial charge in [-0.3, -0.25) is 4.79 Å². The van der Waals surface area contributed by atoms with E-state index in [4.69, 9.17) is 5.11 Å². The number of aliphatic carboxylic acids is 1. The molecule has 152 valence electrons. The molecule has 0 amide bonds. The van der Waals surface area contributed by atoms with Crippen LogP contribution in [-0.4, -0.2) is 40.2 Å². The van der Waals surface area contributed by atoms with Gasteiger partial charge in [0.1, 0.15) is 5.82 Å². The van der Waals surface area contributed by atoms with Crippen molar-refractivity contribution < 1.29 is 14.3 Å². The second kappa shape index (κ2) is 8.67. The molecule has 1 N–H and O–H groups in total. The molecule has 0 bridgehead atoms. The fourth-order valence-electron chi connectivity index (χ4n) is 4.27. The van der Waals surface area contributed by atoms with Crippen molar-refractivity contribution in [2.75, 3.05) is 19.6 Å². The summed E-state index contributed by atoms with van der Waals surface area (Å²) in [5.41, 5.74) is 2.95. The Labute approximate surface area is 178 Å². The summed E-state index contributed by atoms with van der Waals surface area (Å²) in [6.45, 7) is 2.94. The highest BCUT2D eigenvalue weighted by Crippen LogP contribution is 2.33. The van der Waals surface area contributed by atoms with Gasteiger partial charge in [0.15, 0.2) is 0 Å². The highest BCUT2D eigenvalue weighted by atomic mass is 79.9. The van der Waals surface area contributed by atoms with E-state index in [-0.39, 0.29) is 12.2 Å². The van der Waals surface area contributed by atoms with Gasteiger partial charge >= 0.3 is 5.97 Å². The van der Waals surface area contributed by atoms with Crippen LogP contribution in [0.25, 0.3) is 10.9 Å². The normalized spacial score (nSPS) is 15.8. The number of carboxylic acids is 1. The fraction of sp³-hybridized carbons (Fsp3) is 0.348. The van der Waals surface area contributed by atoms with Crippen molar-refractivity contribution in [3.05, 3.63) is 70.1 Å². The Hall–Kier alpha value is -2.18. The van der Waals surface area contributed by atoms with Gasteiger partial charge in [-0.25, -0.2) is 4.39 Å². The Balaban J connectivity index is 1.43. The number of rotatable bonds is 6. The van der Waals surface area contributed by atoms with Crippen LogP contribution in [0.4, 0.5) is 4.39 Å². The number of carboxylic acid groups (broad SMARTS) is 1. The summed E-state index contributed by atoms with van der Waals surface area (Å²) in [7, 11) is 0. The zero-order valence-corrected chi connectivity index (χ0v) is 17.7. The lowest BCUT2D eigenvalue weighted by Gasteiger charge is -2.33. The summed E-state index contributed by atoms with van der Waals surface area (Å²) in [6.07, 6.45) is 2.97. The zero-order chi connectivity index (χ0) is 20.4. The van der Waals surface area contributed by atoms with Gasteiger partial charge in [-0.1, -0.05) is 24.3 Å². The Morgan fingerprint density at radius 2 is 1.90 bits per heavy atom. The first-order valence-corrected chi connectivity index (χ1v) is 10.8. The van der Waals surface area contributed by atoms with E-state index in [1.807, 2.05) is 24.3 Å². The minimum absolute atomic E-state index is 0.0390. The number of nitrogens with zero attached hydrogens (tertiary/aromatic N) is 2. The highest BCUT2D eigenvalue weighted by Gasteiger charge is 2.23. The second-order valence-electron chi connectivity index (χ2n) is 7.75. The maximum atomic E-state index is 13.4. The van der Waals surface area contributed by atoms with E-state index in [0.717, 1.165) is 65.5 Å². The fourth-order valence-corrected chi connectivity index (χ4v) is 5.00. The number of fused-ring (bicyclic) bond motifs is 1. The van der Waals surface area contributed by atoms with Crippen molar-refractivity contribution in [1.82, 2.24) is 9.47 Å². The van der Waals surface area contributed by atoms with Gasteiger partial charge in [0, 0.05) is 36.6 Å². The van der Waals surface area contributed by atoms with Crippen LogP contribution in [0, 0.1) is 5.82 Å². The first kappa shape index (κ1) is 20.1. The molecule has 2 aromatic carbocycles. The van der Waals surface area contributed by atoms with Gasteiger partial charge in [0.25, 0.3) is 0 Å². The minimum Gasteiger partial charge on any atom is -0.481 e. The zero-order valence-electron chi connectivity index (χ0n) is 16.2. The van der Waals surface area contributed by atoms with Crippen LogP contribution >= 0.6 is 15.9 Å². The minimum atomic E-state index is -0.812. The van der Waals surface area contributed by atoms with Crippen LogP contribution in [0.15, 0.2) is 53.1 Å². The van der Waals surface area contributed by atoms with Crippen molar-refractivity contribution >= 4 is 32.8 Å². The Morgan fingerprint density at radius 1 is 1.10 bits per heavy atom. The molecule has 6 heteroatoms. The van der Waals surface area contributed by atoms with Gasteiger partial charge in [-0.15, -0.1) is 0 Å². The quantitative estimate of drug-likeness (QED) is 0.561. The topological polar surface area (TPSA) is 45.5 Å². The Kier molecular flexibility index (Phi) is 6.01. The molecule has 0 unspecified atom stereocenters. The van der Waals surface area contributed by atoms with E-state index in [2.05, 4.69) is 31.5 Å². The summed E-state index contributed by atoms with van der Waals surface area (Å²) in [5, 5.41) is 10.2. The second-order valence-corrected chi connectivity index (χ2v) is 8.57. The maximum Gasteiger partial charge on any atom is 0.307 e. The largest absolute Gasteiger partial charge is 0.481 e. The predicted octanol–water partition coefficient (Wildman–Crippen LogP) is 5.05. The molecule has 0 spiro atoms. The molecule has 3 aromatic rings. The molecule has 1 aromatic heterocycles. The first-order valence-electron chi connectivity index (χ1n) is 9.97. The van der Waals surface area contributed by atoms with E-state index < -0.39 is 5.97 Å². The lowest BCUT2D eigenvalue weighted by molar-refractivity contribution is -0.136. The average Bonchev–Trinajstić information content (AvgIpc) is 3.01. The summed E-state index contributed by atoms with van der Waals surface area (Å²) in [4.78, 5) is 13.5.